The van der Waals surface area contributed by atoms with Gasteiger partial charge in [0, 0.05) is 11.4 Å². The quantitative estimate of drug-likeness (QED) is 0.717. The van der Waals surface area contributed by atoms with E-state index in [9.17, 15) is 4.79 Å². The van der Waals surface area contributed by atoms with Crippen LogP contribution >= 0.6 is 11.6 Å². The molecule has 2 aromatic rings. The summed E-state index contributed by atoms with van der Waals surface area (Å²) in [7, 11) is 0. The summed E-state index contributed by atoms with van der Waals surface area (Å²) in [5, 5.41) is 9.44. The molecule has 0 aliphatic heterocycles. The van der Waals surface area contributed by atoms with Gasteiger partial charge in [0.05, 0.1) is 0 Å². The number of hydrogen-bond donors (Lipinski definition) is 1. The summed E-state index contributed by atoms with van der Waals surface area (Å²) in [5.74, 6) is 0.725. The lowest BCUT2D eigenvalue weighted by Crippen LogP contribution is -2.09. The Morgan fingerprint density at radius 2 is 1.54 bits per heavy atom. The van der Waals surface area contributed by atoms with Crippen molar-refractivity contribution in [2.45, 2.75) is 26.7 Å². The van der Waals surface area contributed by atoms with E-state index in [1.807, 2.05) is 50.2 Å². The highest BCUT2D eigenvalue weighted by atomic mass is 35.5. The molecule has 5 heteroatoms. The molecular formula is C19H21ClO4. The van der Waals surface area contributed by atoms with E-state index < -0.39 is 5.97 Å². The number of carboxylic acids is 1. The van der Waals surface area contributed by atoms with Crippen LogP contribution in [0.15, 0.2) is 36.4 Å². The lowest BCUT2D eigenvalue weighted by molar-refractivity contribution is -0.136. The number of rotatable bonds is 8. The zero-order valence-corrected chi connectivity index (χ0v) is 14.6. The van der Waals surface area contributed by atoms with Gasteiger partial charge in [0.15, 0.2) is 0 Å². The molecule has 2 aromatic carbocycles. The van der Waals surface area contributed by atoms with Crippen LogP contribution in [0, 0.1) is 13.8 Å². The average molecular weight is 349 g/mol. The molecule has 0 bridgehead atoms. The van der Waals surface area contributed by atoms with Crippen molar-refractivity contribution in [2.75, 3.05) is 13.2 Å². The van der Waals surface area contributed by atoms with E-state index in [2.05, 4.69) is 0 Å². The number of benzene rings is 2. The Hall–Kier alpha value is -2.20. The van der Waals surface area contributed by atoms with Gasteiger partial charge in [-0.2, -0.15) is 0 Å². The van der Waals surface area contributed by atoms with Gasteiger partial charge in [-0.15, -0.1) is 0 Å². The van der Waals surface area contributed by atoms with E-state index >= 15 is 0 Å². The molecule has 0 saturated carbocycles. The number of aryl methyl sites for hydroxylation is 3. The van der Waals surface area contributed by atoms with Crippen molar-refractivity contribution >= 4 is 17.6 Å². The molecule has 0 unspecified atom stereocenters. The molecule has 0 heterocycles. The largest absolute Gasteiger partial charge is 0.490 e. The van der Waals surface area contributed by atoms with Crippen LogP contribution in [0.1, 0.15) is 23.1 Å². The molecule has 0 fully saturated rings. The van der Waals surface area contributed by atoms with E-state index in [4.69, 9.17) is 26.2 Å². The van der Waals surface area contributed by atoms with Crippen molar-refractivity contribution in [2.24, 2.45) is 0 Å². The van der Waals surface area contributed by atoms with Crippen LogP contribution in [0.5, 0.6) is 11.5 Å². The molecule has 128 valence electrons. The highest BCUT2D eigenvalue weighted by Gasteiger charge is 2.04. The smallest absolute Gasteiger partial charge is 0.303 e. The van der Waals surface area contributed by atoms with E-state index in [0.29, 0.717) is 19.6 Å². The first-order valence-corrected chi connectivity index (χ1v) is 8.16. The van der Waals surface area contributed by atoms with Crippen molar-refractivity contribution in [3.8, 4) is 11.5 Å². The molecule has 0 radical (unpaired) electrons. The van der Waals surface area contributed by atoms with E-state index in [1.54, 1.807) is 0 Å². The molecule has 0 aromatic heterocycles. The fourth-order valence-corrected chi connectivity index (χ4v) is 2.42. The second kappa shape index (κ2) is 8.60. The minimum absolute atomic E-state index is 0.133. The third-order valence-electron chi connectivity index (χ3n) is 3.58. The molecule has 0 atom stereocenters. The van der Waals surface area contributed by atoms with Crippen LogP contribution in [-0.2, 0) is 11.2 Å². The highest BCUT2D eigenvalue weighted by Crippen LogP contribution is 2.25. The molecule has 4 nitrogen and oxygen atoms in total. The Kier molecular flexibility index (Phi) is 6.50. The van der Waals surface area contributed by atoms with Crippen molar-refractivity contribution in [3.63, 3.8) is 0 Å². The normalized spacial score (nSPS) is 10.5. The van der Waals surface area contributed by atoms with E-state index in [-0.39, 0.29) is 6.42 Å². The number of carboxylic acid groups (broad SMARTS) is 1. The van der Waals surface area contributed by atoms with E-state index in [1.165, 1.54) is 0 Å². The molecule has 2 rings (SSSR count). The number of halogens is 1. The minimum atomic E-state index is -0.792. The van der Waals surface area contributed by atoms with Gasteiger partial charge < -0.3 is 14.6 Å². The summed E-state index contributed by atoms with van der Waals surface area (Å²) in [5.41, 5.74) is 2.96. The summed E-state index contributed by atoms with van der Waals surface area (Å²) < 4.78 is 11.3. The maximum Gasteiger partial charge on any atom is 0.303 e. The maximum atomic E-state index is 10.5. The summed E-state index contributed by atoms with van der Waals surface area (Å²) in [4.78, 5) is 10.5. The number of ether oxygens (including phenoxy) is 2. The van der Waals surface area contributed by atoms with Crippen molar-refractivity contribution in [1.82, 2.24) is 0 Å². The second-order valence-corrected chi connectivity index (χ2v) is 5.98. The van der Waals surface area contributed by atoms with Gasteiger partial charge in [0.25, 0.3) is 0 Å². The molecule has 0 saturated heterocycles. The first-order chi connectivity index (χ1) is 11.5. The topological polar surface area (TPSA) is 55.8 Å². The number of hydrogen-bond acceptors (Lipinski definition) is 3. The predicted molar refractivity (Wildman–Crippen MR) is 94.3 cm³/mol. The molecule has 0 amide bonds. The maximum absolute atomic E-state index is 10.5. The number of aliphatic carboxylic acids is 1. The lowest BCUT2D eigenvalue weighted by Gasteiger charge is -2.11. The van der Waals surface area contributed by atoms with Crippen molar-refractivity contribution in [3.05, 3.63) is 58.1 Å². The van der Waals surface area contributed by atoms with Gasteiger partial charge in [-0.25, -0.2) is 0 Å². The van der Waals surface area contributed by atoms with Gasteiger partial charge in [-0.05, 0) is 61.2 Å². The standard InChI is InChI=1S/C19H21ClO4/c1-13-11-17(12-14(2)19(13)20)24-10-9-23-16-6-3-15(4-7-16)5-8-18(21)22/h3-4,6-7,11-12H,5,8-10H2,1-2H3,(H,21,22). The first kappa shape index (κ1) is 18.1. The summed E-state index contributed by atoms with van der Waals surface area (Å²) in [6, 6.07) is 11.3. The Morgan fingerprint density at radius 3 is 2.08 bits per heavy atom. The third kappa shape index (κ3) is 5.46. The Bertz CT molecular complexity index is 672. The van der Waals surface area contributed by atoms with Crippen molar-refractivity contribution in [1.29, 1.82) is 0 Å². The molecule has 0 spiro atoms. The third-order valence-corrected chi connectivity index (χ3v) is 4.18. The Morgan fingerprint density at radius 1 is 1.00 bits per heavy atom. The van der Waals surface area contributed by atoms with Gasteiger partial charge in [0.2, 0.25) is 0 Å². The van der Waals surface area contributed by atoms with Crippen LogP contribution in [0.4, 0.5) is 0 Å². The predicted octanol–water partition coefficient (Wildman–Crippen LogP) is 4.43. The average Bonchev–Trinajstić information content (AvgIpc) is 2.55. The van der Waals surface area contributed by atoms with Crippen LogP contribution in [0.3, 0.4) is 0 Å². The van der Waals surface area contributed by atoms with Crippen LogP contribution < -0.4 is 9.47 Å². The molecular weight excluding hydrogens is 328 g/mol. The zero-order valence-electron chi connectivity index (χ0n) is 13.8. The molecule has 24 heavy (non-hydrogen) atoms. The van der Waals surface area contributed by atoms with Gasteiger partial charge in [-0.3, -0.25) is 4.79 Å². The monoisotopic (exact) mass is 348 g/mol. The second-order valence-electron chi connectivity index (χ2n) is 5.61. The highest BCUT2D eigenvalue weighted by molar-refractivity contribution is 6.32. The van der Waals surface area contributed by atoms with Gasteiger partial charge >= 0.3 is 5.97 Å². The Balaban J connectivity index is 1.77. The van der Waals surface area contributed by atoms with E-state index in [0.717, 1.165) is 33.2 Å². The van der Waals surface area contributed by atoms with Crippen molar-refractivity contribution < 1.29 is 19.4 Å². The fraction of sp³-hybridized carbons (Fsp3) is 0.316. The molecule has 0 aliphatic carbocycles. The molecule has 0 aliphatic rings. The fourth-order valence-electron chi connectivity index (χ4n) is 2.31. The van der Waals surface area contributed by atoms with Gasteiger partial charge in [0.1, 0.15) is 24.7 Å². The zero-order chi connectivity index (χ0) is 17.5. The summed E-state index contributed by atoms with van der Waals surface area (Å²) >= 11 is 6.13. The molecule has 1 N–H and O–H groups in total. The van der Waals surface area contributed by atoms with Crippen LogP contribution in [0.2, 0.25) is 5.02 Å². The SMILES string of the molecule is Cc1cc(OCCOc2ccc(CCC(=O)O)cc2)cc(C)c1Cl. The first-order valence-electron chi connectivity index (χ1n) is 7.79. The minimum Gasteiger partial charge on any atom is -0.490 e. The summed E-state index contributed by atoms with van der Waals surface area (Å²) in [6.45, 7) is 4.76. The summed E-state index contributed by atoms with van der Waals surface area (Å²) in [6.07, 6.45) is 0.655. The Labute approximate surface area is 147 Å². The van der Waals surface area contributed by atoms with Crippen LogP contribution in [-0.4, -0.2) is 24.3 Å². The van der Waals surface area contributed by atoms with Gasteiger partial charge in [-0.1, -0.05) is 23.7 Å². The lowest BCUT2D eigenvalue weighted by atomic mass is 10.1. The number of carbonyl (C=O) groups is 1. The van der Waals surface area contributed by atoms with Crippen LogP contribution in [0.25, 0.3) is 0 Å².